The van der Waals surface area contributed by atoms with Crippen LogP contribution in [0.5, 0.6) is 0 Å². The minimum Gasteiger partial charge on any atom is -0.376 e. The van der Waals surface area contributed by atoms with Gasteiger partial charge in [0.2, 0.25) is 0 Å². The first kappa shape index (κ1) is 19.6. The van der Waals surface area contributed by atoms with Crippen molar-refractivity contribution in [1.29, 1.82) is 0 Å². The van der Waals surface area contributed by atoms with Crippen molar-refractivity contribution in [1.82, 2.24) is 30.1 Å². The highest BCUT2D eigenvalue weighted by Gasteiger charge is 2.16. The van der Waals surface area contributed by atoms with E-state index in [1.807, 2.05) is 49.7 Å². The molecular weight excluding hydrogens is 430 g/mol. The van der Waals surface area contributed by atoms with E-state index in [2.05, 4.69) is 62.4 Å². The molecule has 33 heavy (non-hydrogen) atoms. The first-order chi connectivity index (χ1) is 16.1. The van der Waals surface area contributed by atoms with E-state index in [-0.39, 0.29) is 0 Å². The third kappa shape index (κ3) is 3.35. The van der Waals surface area contributed by atoms with Crippen LogP contribution >= 0.6 is 11.3 Å². The van der Waals surface area contributed by atoms with E-state index in [0.29, 0.717) is 0 Å². The van der Waals surface area contributed by atoms with Crippen molar-refractivity contribution in [3.05, 3.63) is 65.9 Å². The lowest BCUT2D eigenvalue weighted by Crippen LogP contribution is -2.08. The summed E-state index contributed by atoms with van der Waals surface area (Å²) in [5, 5.41) is 8.77. The van der Waals surface area contributed by atoms with E-state index >= 15 is 0 Å². The van der Waals surface area contributed by atoms with Gasteiger partial charge in [-0.15, -0.1) is 11.3 Å². The molecule has 0 aliphatic heterocycles. The zero-order valence-corrected chi connectivity index (χ0v) is 19.2. The second-order valence-corrected chi connectivity index (χ2v) is 9.49. The summed E-state index contributed by atoms with van der Waals surface area (Å²) in [7, 11) is 4.00. The molecule has 6 heterocycles. The summed E-state index contributed by atoms with van der Waals surface area (Å²) < 4.78 is 0. The first-order valence-corrected chi connectivity index (χ1v) is 11.4. The van der Waals surface area contributed by atoms with E-state index in [9.17, 15) is 0 Å². The molecule has 0 aromatic carbocycles. The Kier molecular flexibility index (Phi) is 4.48. The lowest BCUT2D eigenvalue weighted by Gasteiger charge is -2.12. The Balaban J connectivity index is 1.48. The fraction of sp³-hybridized carbons (Fsp3) is 0.120. The number of nitrogens with zero attached hydrogens (tertiary/aromatic N) is 5. The van der Waals surface area contributed by atoms with Crippen LogP contribution in [0.25, 0.3) is 55.2 Å². The van der Waals surface area contributed by atoms with Crippen molar-refractivity contribution in [2.75, 3.05) is 19.0 Å². The second-order valence-electron chi connectivity index (χ2n) is 8.21. The molecule has 6 aromatic heterocycles. The maximum Gasteiger partial charge on any atom is 0.138 e. The number of aromatic nitrogens is 6. The standard InChI is InChI=1S/C25H21N7S/c1-14-4-7-22(33-14)17-8-9-27-25-18(17)11-21(29-25)24-23-20(30-31-24)6-5-19(28-23)15-10-16(32(2)3)13-26-12-15/h4-13H,1-3H3,(H,27,29)(H,30,31). The Labute approximate surface area is 194 Å². The number of hydrogen-bond donors (Lipinski definition) is 2. The van der Waals surface area contributed by atoms with Crippen LogP contribution in [-0.4, -0.2) is 44.2 Å². The molecule has 0 aliphatic rings. The van der Waals surface area contributed by atoms with Crippen LogP contribution in [0, 0.1) is 6.92 Å². The van der Waals surface area contributed by atoms with Crippen LogP contribution in [0.3, 0.4) is 0 Å². The van der Waals surface area contributed by atoms with Crippen molar-refractivity contribution in [2.45, 2.75) is 6.92 Å². The number of H-pyrrole nitrogens is 2. The number of pyridine rings is 3. The number of aromatic amines is 2. The molecule has 0 saturated carbocycles. The van der Waals surface area contributed by atoms with E-state index < -0.39 is 0 Å². The van der Waals surface area contributed by atoms with Crippen LogP contribution in [0.15, 0.2) is 61.1 Å². The van der Waals surface area contributed by atoms with Gasteiger partial charge in [-0.1, -0.05) is 0 Å². The van der Waals surface area contributed by atoms with Crippen molar-refractivity contribution in [3.63, 3.8) is 0 Å². The fourth-order valence-corrected chi connectivity index (χ4v) is 4.92. The summed E-state index contributed by atoms with van der Waals surface area (Å²) in [6.45, 7) is 2.12. The van der Waals surface area contributed by atoms with Crippen molar-refractivity contribution < 1.29 is 0 Å². The topological polar surface area (TPSA) is 86.4 Å². The predicted octanol–water partition coefficient (Wildman–Crippen LogP) is 5.67. The number of fused-ring (bicyclic) bond motifs is 2. The molecule has 162 valence electrons. The second kappa shape index (κ2) is 7.53. The summed E-state index contributed by atoms with van der Waals surface area (Å²) in [4.78, 5) is 21.9. The summed E-state index contributed by atoms with van der Waals surface area (Å²) >= 11 is 1.78. The largest absolute Gasteiger partial charge is 0.376 e. The Morgan fingerprint density at radius 1 is 1.00 bits per heavy atom. The van der Waals surface area contributed by atoms with Gasteiger partial charge in [-0.05, 0) is 49.4 Å². The molecule has 0 fully saturated rings. The smallest absolute Gasteiger partial charge is 0.138 e. The lowest BCUT2D eigenvalue weighted by atomic mass is 10.1. The molecule has 0 bridgehead atoms. The molecule has 8 heteroatoms. The van der Waals surface area contributed by atoms with Crippen molar-refractivity contribution in [3.8, 4) is 33.1 Å². The van der Waals surface area contributed by atoms with E-state index in [4.69, 9.17) is 4.98 Å². The SMILES string of the molecule is Cc1ccc(-c2ccnc3[nH]c(-c4n[nH]c5ccc(-c6cncc(N(C)C)c6)nc45)cc23)s1. The predicted molar refractivity (Wildman–Crippen MR) is 135 cm³/mol. The Morgan fingerprint density at radius 3 is 2.73 bits per heavy atom. The lowest BCUT2D eigenvalue weighted by molar-refractivity contribution is 1.11. The van der Waals surface area contributed by atoms with E-state index in [1.54, 1.807) is 11.3 Å². The number of rotatable bonds is 4. The van der Waals surface area contributed by atoms with Crippen LogP contribution in [0.1, 0.15) is 4.88 Å². The van der Waals surface area contributed by atoms with Gasteiger partial charge in [0.25, 0.3) is 0 Å². The molecule has 6 rings (SSSR count). The van der Waals surface area contributed by atoms with Gasteiger partial charge in [0.15, 0.2) is 0 Å². The summed E-state index contributed by atoms with van der Waals surface area (Å²) in [6, 6.07) is 14.6. The van der Waals surface area contributed by atoms with Gasteiger partial charge in [0, 0.05) is 52.8 Å². The highest BCUT2D eigenvalue weighted by molar-refractivity contribution is 7.15. The van der Waals surface area contributed by atoms with Crippen LogP contribution in [-0.2, 0) is 0 Å². The molecule has 7 nitrogen and oxygen atoms in total. The van der Waals surface area contributed by atoms with Crippen molar-refractivity contribution in [2.24, 2.45) is 0 Å². The molecule has 0 spiro atoms. The first-order valence-electron chi connectivity index (χ1n) is 10.6. The molecule has 2 N–H and O–H groups in total. The van der Waals surface area contributed by atoms with Gasteiger partial charge in [-0.25, -0.2) is 9.97 Å². The molecule has 0 aliphatic carbocycles. The summed E-state index contributed by atoms with van der Waals surface area (Å²) in [5.74, 6) is 0. The van der Waals surface area contributed by atoms with Gasteiger partial charge in [0.1, 0.15) is 16.9 Å². The average molecular weight is 452 g/mol. The number of aryl methyl sites for hydroxylation is 1. The molecule has 0 radical (unpaired) electrons. The number of hydrogen-bond acceptors (Lipinski definition) is 6. The monoisotopic (exact) mass is 451 g/mol. The molecule has 0 saturated heterocycles. The van der Waals surface area contributed by atoms with Gasteiger partial charge in [-0.3, -0.25) is 10.1 Å². The van der Waals surface area contributed by atoms with Gasteiger partial charge in [-0.2, -0.15) is 5.10 Å². The van der Waals surface area contributed by atoms with Crippen molar-refractivity contribution >= 4 is 39.1 Å². The quantitative estimate of drug-likeness (QED) is 0.361. The minimum absolute atomic E-state index is 0.773. The van der Waals surface area contributed by atoms with E-state index in [1.165, 1.54) is 15.3 Å². The van der Waals surface area contributed by atoms with Gasteiger partial charge >= 0.3 is 0 Å². The average Bonchev–Trinajstić information content (AvgIpc) is 3.55. The summed E-state index contributed by atoms with van der Waals surface area (Å²) in [5.41, 5.74) is 8.19. The highest BCUT2D eigenvalue weighted by atomic mass is 32.1. The van der Waals surface area contributed by atoms with Crippen LogP contribution < -0.4 is 4.90 Å². The third-order valence-corrected chi connectivity index (χ3v) is 6.77. The van der Waals surface area contributed by atoms with E-state index in [0.717, 1.165) is 50.4 Å². The Morgan fingerprint density at radius 2 is 1.91 bits per heavy atom. The molecule has 0 amide bonds. The third-order valence-electron chi connectivity index (χ3n) is 5.74. The number of anilines is 1. The summed E-state index contributed by atoms with van der Waals surface area (Å²) in [6.07, 6.45) is 5.52. The highest BCUT2D eigenvalue weighted by Crippen LogP contribution is 2.36. The zero-order valence-electron chi connectivity index (χ0n) is 18.4. The van der Waals surface area contributed by atoms with Gasteiger partial charge in [0.05, 0.1) is 28.8 Å². The molecule has 0 unspecified atom stereocenters. The maximum absolute atomic E-state index is 4.95. The number of nitrogens with one attached hydrogen (secondary N) is 2. The van der Waals surface area contributed by atoms with Crippen LogP contribution in [0.2, 0.25) is 0 Å². The minimum atomic E-state index is 0.773. The maximum atomic E-state index is 4.95. The molecular formula is C25H21N7S. The van der Waals surface area contributed by atoms with Gasteiger partial charge < -0.3 is 9.88 Å². The zero-order chi connectivity index (χ0) is 22.5. The normalized spacial score (nSPS) is 11.5. The Bertz CT molecular complexity index is 1620. The molecule has 6 aromatic rings. The molecule has 0 atom stereocenters. The Hall–Kier alpha value is -4.04. The number of thiophene rings is 1. The fourth-order valence-electron chi connectivity index (χ4n) is 4.01. The van der Waals surface area contributed by atoms with Crippen LogP contribution in [0.4, 0.5) is 5.69 Å².